The van der Waals surface area contributed by atoms with Gasteiger partial charge in [0.2, 0.25) is 0 Å². The predicted molar refractivity (Wildman–Crippen MR) is 117 cm³/mol. The highest BCUT2D eigenvalue weighted by Crippen LogP contribution is 2.13. The lowest BCUT2D eigenvalue weighted by Gasteiger charge is -2.09. The largest absolute Gasteiger partial charge is 0.333 e. The lowest BCUT2D eigenvalue weighted by atomic mass is 10.1. The van der Waals surface area contributed by atoms with Crippen LogP contribution in [0.15, 0.2) is 83.8 Å². The second kappa shape index (κ2) is 9.36. The number of hydrogen-bond donors (Lipinski definition) is 2. The molecule has 0 aromatic heterocycles. The van der Waals surface area contributed by atoms with Gasteiger partial charge in [-0.2, -0.15) is 0 Å². The molecule has 0 saturated heterocycles. The summed E-state index contributed by atoms with van der Waals surface area (Å²) in [5.41, 5.74) is 2.26. The molecule has 0 heterocycles. The zero-order chi connectivity index (χ0) is 22.4. The van der Waals surface area contributed by atoms with E-state index in [0.29, 0.717) is 16.8 Å². The fourth-order valence-electron chi connectivity index (χ4n) is 2.61. The van der Waals surface area contributed by atoms with Gasteiger partial charge in [0.1, 0.15) is 5.82 Å². The van der Waals surface area contributed by atoms with Crippen LogP contribution in [-0.2, 0) is 10.0 Å². The molecule has 0 unspecified atom stereocenters. The molecule has 3 aromatic rings. The molecule has 3 aromatic carbocycles. The minimum absolute atomic E-state index is 0.0258. The van der Waals surface area contributed by atoms with E-state index in [-0.39, 0.29) is 16.5 Å². The molecule has 0 aliphatic rings. The summed E-state index contributed by atoms with van der Waals surface area (Å²) in [4.78, 5) is 24.3. The number of benzene rings is 3. The fourth-order valence-corrected chi connectivity index (χ4v) is 3.52. The highest BCUT2D eigenvalue weighted by molar-refractivity contribution is 7.90. The fraction of sp³-hybridized carbons (Fsp3) is 0.0435. The van der Waals surface area contributed by atoms with Crippen molar-refractivity contribution in [1.82, 2.24) is 4.72 Å². The number of carbonyl (C=O) groups excluding carboxylic acids is 2. The third-order valence-corrected chi connectivity index (χ3v) is 5.63. The molecule has 158 valence electrons. The maximum Gasteiger partial charge on any atom is 0.333 e. The van der Waals surface area contributed by atoms with E-state index in [0.717, 1.165) is 5.56 Å². The summed E-state index contributed by atoms with van der Waals surface area (Å²) in [5.74, 6) is -0.635. The van der Waals surface area contributed by atoms with Crippen LogP contribution in [0.25, 0.3) is 6.08 Å². The Morgan fingerprint density at radius 2 is 1.48 bits per heavy atom. The van der Waals surface area contributed by atoms with Crippen LogP contribution in [0.3, 0.4) is 0 Å². The van der Waals surface area contributed by atoms with Gasteiger partial charge in [-0.25, -0.2) is 22.3 Å². The van der Waals surface area contributed by atoms with Gasteiger partial charge >= 0.3 is 6.03 Å². The predicted octanol–water partition coefficient (Wildman–Crippen LogP) is 4.54. The molecule has 0 aliphatic carbocycles. The Morgan fingerprint density at radius 1 is 0.871 bits per heavy atom. The van der Waals surface area contributed by atoms with E-state index >= 15 is 0 Å². The van der Waals surface area contributed by atoms with E-state index in [1.54, 1.807) is 30.3 Å². The standard InChI is InChI=1S/C23H19FN2O4S/c1-16-2-13-21(14-3-16)31(29,30)26-23(28)25-20-11-7-18(8-12-20)22(27)15-6-17-4-9-19(24)10-5-17/h2-15H,1H3,(H2,25,26,28)/b15-6+. The molecule has 2 N–H and O–H groups in total. The SMILES string of the molecule is Cc1ccc(S(=O)(=O)NC(=O)Nc2ccc(C(=O)/C=C/c3ccc(F)cc3)cc2)cc1. The number of rotatable bonds is 6. The Balaban J connectivity index is 1.60. The summed E-state index contributed by atoms with van der Waals surface area (Å²) in [6.45, 7) is 1.82. The van der Waals surface area contributed by atoms with Crippen LogP contribution in [0.4, 0.5) is 14.9 Å². The maximum absolute atomic E-state index is 12.9. The number of hydrogen-bond acceptors (Lipinski definition) is 4. The first-order chi connectivity index (χ1) is 14.7. The number of nitrogens with one attached hydrogen (secondary N) is 2. The Hall–Kier alpha value is -3.78. The quantitative estimate of drug-likeness (QED) is 0.437. The van der Waals surface area contributed by atoms with Crippen LogP contribution in [-0.4, -0.2) is 20.2 Å². The van der Waals surface area contributed by atoms with Crippen molar-refractivity contribution in [2.24, 2.45) is 0 Å². The van der Waals surface area contributed by atoms with Crippen molar-refractivity contribution in [3.8, 4) is 0 Å². The monoisotopic (exact) mass is 438 g/mol. The van der Waals surface area contributed by atoms with Crippen molar-refractivity contribution in [2.75, 3.05) is 5.32 Å². The van der Waals surface area contributed by atoms with Gasteiger partial charge in [-0.3, -0.25) is 4.79 Å². The summed E-state index contributed by atoms with van der Waals surface area (Å²) < 4.78 is 39.3. The number of aryl methyl sites for hydroxylation is 1. The third kappa shape index (κ3) is 6.10. The summed E-state index contributed by atoms with van der Waals surface area (Å²) in [6.07, 6.45) is 2.92. The van der Waals surface area contributed by atoms with Gasteiger partial charge in [0, 0.05) is 11.3 Å². The number of urea groups is 1. The summed E-state index contributed by atoms with van der Waals surface area (Å²) in [6, 6.07) is 16.8. The second-order valence-corrected chi connectivity index (χ2v) is 8.38. The molecule has 31 heavy (non-hydrogen) atoms. The molecule has 0 radical (unpaired) electrons. The van der Waals surface area contributed by atoms with Crippen molar-refractivity contribution < 1.29 is 22.4 Å². The first-order valence-electron chi connectivity index (χ1n) is 9.21. The van der Waals surface area contributed by atoms with E-state index in [4.69, 9.17) is 0 Å². The van der Waals surface area contributed by atoms with Crippen molar-refractivity contribution in [1.29, 1.82) is 0 Å². The molecular weight excluding hydrogens is 419 g/mol. The van der Waals surface area contributed by atoms with Gasteiger partial charge < -0.3 is 5.32 Å². The zero-order valence-corrected chi connectivity index (χ0v) is 17.3. The maximum atomic E-state index is 12.9. The molecule has 6 nitrogen and oxygen atoms in total. The minimum atomic E-state index is -4.00. The van der Waals surface area contributed by atoms with Crippen LogP contribution < -0.4 is 10.0 Å². The average molecular weight is 438 g/mol. The van der Waals surface area contributed by atoms with Crippen LogP contribution in [0, 0.1) is 12.7 Å². The lowest BCUT2D eigenvalue weighted by Crippen LogP contribution is -2.34. The van der Waals surface area contributed by atoms with E-state index in [1.165, 1.54) is 54.6 Å². The van der Waals surface area contributed by atoms with Crippen molar-refractivity contribution in [2.45, 2.75) is 11.8 Å². The van der Waals surface area contributed by atoms with E-state index < -0.39 is 16.1 Å². The van der Waals surface area contributed by atoms with Gasteiger partial charge in [-0.15, -0.1) is 0 Å². The number of anilines is 1. The molecule has 0 saturated carbocycles. The van der Waals surface area contributed by atoms with Gasteiger partial charge in [-0.1, -0.05) is 35.9 Å². The number of halogens is 1. The second-order valence-electron chi connectivity index (χ2n) is 6.70. The van der Waals surface area contributed by atoms with Crippen LogP contribution >= 0.6 is 0 Å². The van der Waals surface area contributed by atoms with Crippen LogP contribution in [0.1, 0.15) is 21.5 Å². The number of ketones is 1. The van der Waals surface area contributed by atoms with Gasteiger partial charge in [0.05, 0.1) is 4.90 Å². The number of sulfonamides is 1. The molecule has 0 bridgehead atoms. The Morgan fingerprint density at radius 3 is 2.10 bits per heavy atom. The molecule has 0 fully saturated rings. The van der Waals surface area contributed by atoms with Crippen LogP contribution in [0.5, 0.6) is 0 Å². The van der Waals surface area contributed by atoms with Crippen LogP contribution in [0.2, 0.25) is 0 Å². The van der Waals surface area contributed by atoms with Crippen molar-refractivity contribution >= 4 is 33.6 Å². The molecule has 0 spiro atoms. The molecule has 8 heteroatoms. The molecule has 0 aliphatic heterocycles. The Bertz CT molecular complexity index is 1220. The van der Waals surface area contributed by atoms with E-state index in [1.807, 2.05) is 11.6 Å². The smallest absolute Gasteiger partial charge is 0.307 e. The van der Waals surface area contributed by atoms with Gasteiger partial charge in [0.25, 0.3) is 10.0 Å². The topological polar surface area (TPSA) is 92.3 Å². The summed E-state index contributed by atoms with van der Waals surface area (Å²) >= 11 is 0. The van der Waals surface area contributed by atoms with Crippen molar-refractivity contribution in [3.63, 3.8) is 0 Å². The number of amides is 2. The minimum Gasteiger partial charge on any atom is -0.307 e. The first kappa shape index (κ1) is 21.9. The molecule has 3 rings (SSSR count). The highest BCUT2D eigenvalue weighted by Gasteiger charge is 2.17. The van der Waals surface area contributed by atoms with Gasteiger partial charge in [-0.05, 0) is 67.1 Å². The molecular formula is C23H19FN2O4S. The average Bonchev–Trinajstić information content (AvgIpc) is 2.73. The normalized spacial score (nSPS) is 11.3. The summed E-state index contributed by atoms with van der Waals surface area (Å²) in [5, 5.41) is 2.41. The zero-order valence-electron chi connectivity index (χ0n) is 16.5. The van der Waals surface area contributed by atoms with Gasteiger partial charge in [0.15, 0.2) is 5.78 Å². The molecule has 0 atom stereocenters. The highest BCUT2D eigenvalue weighted by atomic mass is 32.2. The van der Waals surface area contributed by atoms with E-state index in [9.17, 15) is 22.4 Å². The number of allylic oxidation sites excluding steroid dienone is 1. The molecule has 2 amide bonds. The lowest BCUT2D eigenvalue weighted by molar-refractivity contribution is 0.104. The Labute approximate surface area is 179 Å². The van der Waals surface area contributed by atoms with E-state index in [2.05, 4.69) is 5.32 Å². The third-order valence-electron chi connectivity index (χ3n) is 4.28. The first-order valence-corrected chi connectivity index (χ1v) is 10.7. The van der Waals surface area contributed by atoms with Crippen molar-refractivity contribution in [3.05, 3.63) is 101 Å². The Kier molecular flexibility index (Phi) is 6.61. The number of carbonyl (C=O) groups is 2. The summed E-state index contributed by atoms with van der Waals surface area (Å²) in [7, 11) is -4.00.